The van der Waals surface area contributed by atoms with Crippen LogP contribution < -0.4 is 10.5 Å². The topological polar surface area (TPSA) is 38.5 Å². The summed E-state index contributed by atoms with van der Waals surface area (Å²) in [6, 6.07) is 6.79. The lowest BCUT2D eigenvalue weighted by atomic mass is 9.78. The molecule has 110 valence electrons. The first kappa shape index (κ1) is 13.7. The highest BCUT2D eigenvalue weighted by Gasteiger charge is 2.33. The Morgan fingerprint density at radius 1 is 1.20 bits per heavy atom. The van der Waals surface area contributed by atoms with Crippen LogP contribution in [0.3, 0.4) is 0 Å². The largest absolute Gasteiger partial charge is 0.497 e. The van der Waals surface area contributed by atoms with E-state index in [1.807, 2.05) is 12.1 Å². The van der Waals surface area contributed by atoms with E-state index in [-0.39, 0.29) is 0 Å². The van der Waals surface area contributed by atoms with Crippen molar-refractivity contribution in [2.75, 3.05) is 19.4 Å². The van der Waals surface area contributed by atoms with Crippen molar-refractivity contribution in [1.29, 1.82) is 0 Å². The van der Waals surface area contributed by atoms with E-state index in [9.17, 15) is 0 Å². The zero-order valence-corrected chi connectivity index (χ0v) is 12.5. The molecule has 0 bridgehead atoms. The minimum absolute atomic E-state index is 0.781. The number of ether oxygens (including phenoxy) is 1. The predicted molar refractivity (Wildman–Crippen MR) is 82.8 cm³/mol. The van der Waals surface area contributed by atoms with Crippen LogP contribution in [-0.2, 0) is 6.54 Å². The number of hydrogen-bond donors (Lipinski definition) is 1. The highest BCUT2D eigenvalue weighted by Crippen LogP contribution is 2.36. The number of rotatable bonds is 3. The molecule has 1 aliphatic heterocycles. The standard InChI is InChI=1S/C17H26N2O/c1-20-15-8-9-16(18)14(11-15)12-19-10-4-6-13-5-2-3-7-17(13)19/h8-9,11,13,17H,2-7,10,12,18H2,1H3/t13-,17-/m1/s1. The van der Waals surface area contributed by atoms with E-state index >= 15 is 0 Å². The maximum atomic E-state index is 6.15. The third-order valence-corrected chi connectivity index (χ3v) is 5.08. The van der Waals surface area contributed by atoms with Crippen LogP contribution >= 0.6 is 0 Å². The number of likely N-dealkylation sites (tertiary alicyclic amines) is 1. The van der Waals surface area contributed by atoms with Crippen molar-refractivity contribution < 1.29 is 4.74 Å². The van der Waals surface area contributed by atoms with E-state index in [1.54, 1.807) is 7.11 Å². The van der Waals surface area contributed by atoms with Crippen LogP contribution in [0.1, 0.15) is 44.1 Å². The summed E-state index contributed by atoms with van der Waals surface area (Å²) >= 11 is 0. The third-order valence-electron chi connectivity index (χ3n) is 5.08. The van der Waals surface area contributed by atoms with Gasteiger partial charge in [0.1, 0.15) is 5.75 Å². The molecule has 0 amide bonds. The van der Waals surface area contributed by atoms with Gasteiger partial charge in [-0.3, -0.25) is 4.90 Å². The second-order valence-electron chi connectivity index (χ2n) is 6.29. The fourth-order valence-electron chi connectivity index (χ4n) is 3.99. The van der Waals surface area contributed by atoms with Gasteiger partial charge < -0.3 is 10.5 Å². The molecule has 2 atom stereocenters. The number of hydrogen-bond acceptors (Lipinski definition) is 3. The van der Waals surface area contributed by atoms with Crippen molar-refractivity contribution in [3.8, 4) is 5.75 Å². The molecule has 1 aromatic rings. The van der Waals surface area contributed by atoms with Crippen LogP contribution in [0.5, 0.6) is 5.75 Å². The maximum absolute atomic E-state index is 6.15. The Morgan fingerprint density at radius 2 is 2.00 bits per heavy atom. The Labute approximate surface area is 122 Å². The lowest BCUT2D eigenvalue weighted by molar-refractivity contribution is 0.0548. The van der Waals surface area contributed by atoms with Crippen molar-refractivity contribution in [1.82, 2.24) is 4.90 Å². The zero-order valence-electron chi connectivity index (χ0n) is 12.5. The van der Waals surface area contributed by atoms with Crippen molar-refractivity contribution in [2.45, 2.75) is 51.1 Å². The number of benzene rings is 1. The smallest absolute Gasteiger partial charge is 0.119 e. The number of nitrogen functional groups attached to an aromatic ring is 1. The van der Waals surface area contributed by atoms with E-state index in [0.717, 1.165) is 29.9 Å². The molecule has 0 unspecified atom stereocenters. The summed E-state index contributed by atoms with van der Waals surface area (Å²) in [5.74, 6) is 1.83. The fraction of sp³-hybridized carbons (Fsp3) is 0.647. The van der Waals surface area contributed by atoms with E-state index in [1.165, 1.54) is 50.6 Å². The van der Waals surface area contributed by atoms with Crippen LogP contribution in [0, 0.1) is 5.92 Å². The van der Waals surface area contributed by atoms with Crippen LogP contribution in [0.2, 0.25) is 0 Å². The maximum Gasteiger partial charge on any atom is 0.119 e. The Morgan fingerprint density at radius 3 is 2.85 bits per heavy atom. The molecule has 1 aromatic carbocycles. The number of nitrogens with zero attached hydrogens (tertiary/aromatic N) is 1. The molecule has 0 spiro atoms. The summed E-state index contributed by atoms with van der Waals surface area (Å²) in [6.07, 6.45) is 8.38. The van der Waals surface area contributed by atoms with E-state index in [4.69, 9.17) is 10.5 Å². The normalized spacial score (nSPS) is 27.1. The van der Waals surface area contributed by atoms with Crippen molar-refractivity contribution in [3.63, 3.8) is 0 Å². The molecule has 2 fully saturated rings. The highest BCUT2D eigenvalue weighted by atomic mass is 16.5. The van der Waals surface area contributed by atoms with Crippen LogP contribution in [0.25, 0.3) is 0 Å². The first-order valence-corrected chi connectivity index (χ1v) is 7.94. The van der Waals surface area contributed by atoms with Gasteiger partial charge in [0.05, 0.1) is 7.11 Å². The molecule has 3 rings (SSSR count). The summed E-state index contributed by atoms with van der Waals surface area (Å²) in [7, 11) is 1.72. The molecule has 1 aliphatic carbocycles. The lowest BCUT2D eigenvalue weighted by Gasteiger charge is -2.44. The Kier molecular flexibility index (Phi) is 4.16. The number of anilines is 1. The summed E-state index contributed by atoms with van der Waals surface area (Å²) in [4.78, 5) is 2.67. The molecule has 1 saturated carbocycles. The van der Waals surface area contributed by atoms with Crippen LogP contribution in [-0.4, -0.2) is 24.6 Å². The first-order valence-electron chi connectivity index (χ1n) is 7.94. The van der Waals surface area contributed by atoms with Gasteiger partial charge in [-0.2, -0.15) is 0 Å². The SMILES string of the molecule is COc1ccc(N)c(CN2CCC[C@H]3CCCC[C@H]32)c1. The molecule has 3 nitrogen and oxygen atoms in total. The summed E-state index contributed by atoms with van der Waals surface area (Å²) in [6.45, 7) is 2.20. The van der Waals surface area contributed by atoms with Gasteiger partial charge in [0.15, 0.2) is 0 Å². The quantitative estimate of drug-likeness (QED) is 0.858. The molecule has 1 heterocycles. The summed E-state index contributed by atoms with van der Waals surface area (Å²) in [5.41, 5.74) is 8.26. The number of nitrogens with two attached hydrogens (primary N) is 1. The van der Waals surface area contributed by atoms with Gasteiger partial charge in [-0.05, 0) is 61.9 Å². The van der Waals surface area contributed by atoms with Gasteiger partial charge in [-0.15, -0.1) is 0 Å². The summed E-state index contributed by atoms with van der Waals surface area (Å²) in [5, 5.41) is 0. The van der Waals surface area contributed by atoms with Crippen LogP contribution in [0.4, 0.5) is 5.69 Å². The predicted octanol–water partition coefficient (Wildman–Crippen LogP) is 3.43. The number of piperidine rings is 1. The third kappa shape index (κ3) is 2.78. The molecule has 0 aromatic heterocycles. The van der Waals surface area contributed by atoms with Gasteiger partial charge in [-0.1, -0.05) is 12.8 Å². The van der Waals surface area contributed by atoms with Gasteiger partial charge in [0.2, 0.25) is 0 Å². The van der Waals surface area contributed by atoms with Gasteiger partial charge in [0, 0.05) is 18.3 Å². The zero-order chi connectivity index (χ0) is 13.9. The number of fused-ring (bicyclic) bond motifs is 1. The average Bonchev–Trinajstić information content (AvgIpc) is 2.50. The molecular formula is C17H26N2O. The Hall–Kier alpha value is -1.22. The van der Waals surface area contributed by atoms with Gasteiger partial charge in [0.25, 0.3) is 0 Å². The molecule has 1 saturated heterocycles. The van der Waals surface area contributed by atoms with E-state index in [2.05, 4.69) is 11.0 Å². The molecule has 20 heavy (non-hydrogen) atoms. The highest BCUT2D eigenvalue weighted by molar-refractivity contribution is 5.50. The Balaban J connectivity index is 1.75. The van der Waals surface area contributed by atoms with E-state index < -0.39 is 0 Å². The molecule has 0 radical (unpaired) electrons. The van der Waals surface area contributed by atoms with Crippen molar-refractivity contribution in [3.05, 3.63) is 23.8 Å². The Bertz CT molecular complexity index is 458. The first-order chi connectivity index (χ1) is 9.78. The monoisotopic (exact) mass is 274 g/mol. The molecule has 3 heteroatoms. The fourth-order valence-corrected chi connectivity index (χ4v) is 3.99. The second kappa shape index (κ2) is 6.04. The molecule has 2 aliphatic rings. The lowest BCUT2D eigenvalue weighted by Crippen LogP contribution is -2.46. The van der Waals surface area contributed by atoms with Crippen molar-refractivity contribution >= 4 is 5.69 Å². The minimum Gasteiger partial charge on any atom is -0.497 e. The molecule has 2 N–H and O–H groups in total. The van der Waals surface area contributed by atoms with Crippen molar-refractivity contribution in [2.24, 2.45) is 5.92 Å². The average molecular weight is 274 g/mol. The molecular weight excluding hydrogens is 248 g/mol. The number of methoxy groups -OCH3 is 1. The summed E-state index contributed by atoms with van der Waals surface area (Å²) < 4.78 is 5.33. The minimum atomic E-state index is 0.781. The van der Waals surface area contributed by atoms with Gasteiger partial charge in [-0.25, -0.2) is 0 Å². The van der Waals surface area contributed by atoms with Crippen LogP contribution in [0.15, 0.2) is 18.2 Å². The van der Waals surface area contributed by atoms with E-state index in [0.29, 0.717) is 0 Å². The van der Waals surface area contributed by atoms with Gasteiger partial charge >= 0.3 is 0 Å². The second-order valence-corrected chi connectivity index (χ2v) is 6.29.